The van der Waals surface area contributed by atoms with Gasteiger partial charge in [0, 0.05) is 12.3 Å². The Labute approximate surface area is 195 Å². The quantitative estimate of drug-likeness (QED) is 0.358. The minimum Gasteiger partial charge on any atom is -0.497 e. The average Bonchev–Trinajstić information content (AvgIpc) is 3.38. The van der Waals surface area contributed by atoms with Crippen molar-refractivity contribution in [1.29, 1.82) is 0 Å². The zero-order valence-corrected chi connectivity index (χ0v) is 18.3. The molecule has 0 atom stereocenters. The minimum atomic E-state index is -0.325. The number of methoxy groups -OCH3 is 1. The second-order valence-electron chi connectivity index (χ2n) is 7.36. The fourth-order valence-electron chi connectivity index (χ4n) is 3.38. The maximum Gasteiger partial charge on any atom is 0.282 e. The van der Waals surface area contributed by atoms with Crippen LogP contribution in [0, 0.1) is 0 Å². The smallest absolute Gasteiger partial charge is 0.282 e. The number of hydrogen-bond acceptors (Lipinski definition) is 7. The Balaban J connectivity index is 1.44. The van der Waals surface area contributed by atoms with E-state index < -0.39 is 0 Å². The van der Waals surface area contributed by atoms with Crippen molar-refractivity contribution in [1.82, 2.24) is 19.9 Å². The van der Waals surface area contributed by atoms with E-state index in [0.29, 0.717) is 23.7 Å². The molecule has 168 valence electrons. The van der Waals surface area contributed by atoms with E-state index in [1.165, 1.54) is 6.07 Å². The third kappa shape index (κ3) is 4.42. The summed E-state index contributed by atoms with van der Waals surface area (Å²) in [4.78, 5) is 17.0. The summed E-state index contributed by atoms with van der Waals surface area (Å²) in [5.74, 6) is 1.66. The molecule has 0 saturated heterocycles. The van der Waals surface area contributed by atoms with Crippen molar-refractivity contribution in [3.8, 4) is 40.2 Å². The molecule has 0 saturated carbocycles. The summed E-state index contributed by atoms with van der Waals surface area (Å²) in [7, 11) is 1.60. The molecule has 0 N–H and O–H groups in total. The molecule has 0 aliphatic heterocycles. The highest BCUT2D eigenvalue weighted by Gasteiger charge is 2.18. The first kappa shape index (κ1) is 21.1. The third-order valence-electron chi connectivity index (χ3n) is 5.14. The number of benzene rings is 3. The van der Waals surface area contributed by atoms with Crippen molar-refractivity contribution in [3.05, 3.63) is 107 Å². The molecule has 0 aliphatic carbocycles. The van der Waals surface area contributed by atoms with Crippen LogP contribution in [-0.4, -0.2) is 27.0 Å². The Hall–Kier alpha value is -4.72. The zero-order chi connectivity index (χ0) is 23.3. The molecule has 0 bridgehead atoms. The lowest BCUT2D eigenvalue weighted by molar-refractivity contribution is 0.307. The summed E-state index contributed by atoms with van der Waals surface area (Å²) in [6.45, 7) is 0.398. The van der Waals surface area contributed by atoms with Crippen LogP contribution in [-0.2, 0) is 6.61 Å². The van der Waals surface area contributed by atoms with E-state index in [4.69, 9.17) is 14.0 Å². The molecule has 8 heteroatoms. The van der Waals surface area contributed by atoms with Crippen LogP contribution in [0.2, 0.25) is 0 Å². The summed E-state index contributed by atoms with van der Waals surface area (Å²) >= 11 is 0. The molecule has 0 amide bonds. The minimum absolute atomic E-state index is 0.0284. The third-order valence-corrected chi connectivity index (χ3v) is 5.14. The number of rotatable bonds is 7. The fraction of sp³-hybridized carbons (Fsp3) is 0.0769. The van der Waals surface area contributed by atoms with Gasteiger partial charge in [-0.2, -0.15) is 10.1 Å². The Morgan fingerprint density at radius 2 is 1.68 bits per heavy atom. The van der Waals surface area contributed by atoms with Crippen molar-refractivity contribution in [2.45, 2.75) is 6.61 Å². The monoisotopic (exact) mass is 452 g/mol. The largest absolute Gasteiger partial charge is 0.497 e. The standard InChI is InChI=1S/C26H20N4O4/c1-32-20-13-11-19(12-14-20)30-16-15-22(31)24(28-30)26-27-25(29-34-26)21-9-5-6-10-23(21)33-17-18-7-3-2-4-8-18/h2-16H,17H2,1H3. The number of para-hydroxylation sites is 1. The highest BCUT2D eigenvalue weighted by Crippen LogP contribution is 2.29. The van der Waals surface area contributed by atoms with Gasteiger partial charge >= 0.3 is 0 Å². The molecule has 34 heavy (non-hydrogen) atoms. The van der Waals surface area contributed by atoms with Gasteiger partial charge in [0.15, 0.2) is 5.69 Å². The van der Waals surface area contributed by atoms with E-state index in [-0.39, 0.29) is 17.0 Å². The van der Waals surface area contributed by atoms with Gasteiger partial charge in [-0.05, 0) is 42.0 Å². The first-order valence-electron chi connectivity index (χ1n) is 10.6. The van der Waals surface area contributed by atoms with Crippen molar-refractivity contribution >= 4 is 0 Å². The van der Waals surface area contributed by atoms with Gasteiger partial charge in [0.1, 0.15) is 18.1 Å². The number of aromatic nitrogens is 4. The van der Waals surface area contributed by atoms with Gasteiger partial charge in [-0.1, -0.05) is 47.6 Å². The van der Waals surface area contributed by atoms with Gasteiger partial charge in [-0.25, -0.2) is 4.68 Å². The molecule has 0 aliphatic rings. The van der Waals surface area contributed by atoms with Gasteiger partial charge in [-0.3, -0.25) is 4.79 Å². The lowest BCUT2D eigenvalue weighted by Gasteiger charge is -2.09. The predicted molar refractivity (Wildman–Crippen MR) is 126 cm³/mol. The van der Waals surface area contributed by atoms with Crippen LogP contribution in [0.25, 0.3) is 28.7 Å². The Kier molecular flexibility index (Phi) is 5.85. The summed E-state index contributed by atoms with van der Waals surface area (Å²) in [6, 6.07) is 26.0. The molecule has 2 aromatic heterocycles. The first-order chi connectivity index (χ1) is 16.7. The van der Waals surface area contributed by atoms with E-state index in [2.05, 4.69) is 15.2 Å². The van der Waals surface area contributed by atoms with Gasteiger partial charge < -0.3 is 14.0 Å². The van der Waals surface area contributed by atoms with Crippen molar-refractivity contribution in [2.24, 2.45) is 0 Å². The maximum absolute atomic E-state index is 12.5. The zero-order valence-electron chi connectivity index (χ0n) is 18.3. The van der Waals surface area contributed by atoms with E-state index in [0.717, 1.165) is 17.0 Å². The molecule has 8 nitrogen and oxygen atoms in total. The van der Waals surface area contributed by atoms with Crippen molar-refractivity contribution in [3.63, 3.8) is 0 Å². The van der Waals surface area contributed by atoms with Crippen LogP contribution in [0.3, 0.4) is 0 Å². The van der Waals surface area contributed by atoms with Crippen molar-refractivity contribution in [2.75, 3.05) is 7.11 Å². The van der Waals surface area contributed by atoms with Crippen molar-refractivity contribution < 1.29 is 14.0 Å². The first-order valence-corrected chi connectivity index (χ1v) is 10.6. The highest BCUT2D eigenvalue weighted by atomic mass is 16.5. The average molecular weight is 452 g/mol. The molecule has 3 aromatic carbocycles. The van der Waals surface area contributed by atoms with Gasteiger partial charge in [-0.15, -0.1) is 0 Å². The molecule has 5 rings (SSSR count). The Morgan fingerprint density at radius 3 is 2.47 bits per heavy atom. The molecule has 0 unspecified atom stereocenters. The van der Waals surface area contributed by atoms with Crippen LogP contribution < -0.4 is 14.9 Å². The van der Waals surface area contributed by atoms with Crippen LogP contribution >= 0.6 is 0 Å². The van der Waals surface area contributed by atoms with Crippen LogP contribution in [0.4, 0.5) is 0 Å². The van der Waals surface area contributed by atoms with Gasteiger partial charge in [0.05, 0.1) is 18.4 Å². The second kappa shape index (κ2) is 9.41. The van der Waals surface area contributed by atoms with Crippen LogP contribution in [0.15, 0.2) is 100 Å². The van der Waals surface area contributed by atoms with Gasteiger partial charge in [0.2, 0.25) is 11.3 Å². The van der Waals surface area contributed by atoms with Gasteiger partial charge in [0.25, 0.3) is 5.89 Å². The number of nitrogens with zero attached hydrogens (tertiary/aromatic N) is 4. The summed E-state index contributed by atoms with van der Waals surface area (Å²) in [6.07, 6.45) is 1.58. The molecular formula is C26H20N4O4. The SMILES string of the molecule is COc1ccc(-n2ccc(=O)c(-c3nc(-c4ccccc4OCc4ccccc4)no3)n2)cc1. The van der Waals surface area contributed by atoms with E-state index in [1.54, 1.807) is 18.0 Å². The summed E-state index contributed by atoms with van der Waals surface area (Å²) in [5.41, 5.74) is 2.17. The predicted octanol–water partition coefficient (Wildman–Crippen LogP) is 4.54. The van der Waals surface area contributed by atoms with Crippen LogP contribution in [0.5, 0.6) is 11.5 Å². The molecule has 0 fully saturated rings. The normalized spacial score (nSPS) is 10.7. The lowest BCUT2D eigenvalue weighted by atomic mass is 10.2. The summed E-state index contributed by atoms with van der Waals surface area (Å²) in [5, 5.41) is 8.48. The van der Waals surface area contributed by atoms with E-state index in [1.807, 2.05) is 78.9 Å². The van der Waals surface area contributed by atoms with E-state index in [9.17, 15) is 4.79 Å². The van der Waals surface area contributed by atoms with E-state index >= 15 is 0 Å². The summed E-state index contributed by atoms with van der Waals surface area (Å²) < 4.78 is 18.2. The second-order valence-corrected chi connectivity index (χ2v) is 7.36. The highest BCUT2D eigenvalue weighted by molar-refractivity contribution is 5.65. The number of ether oxygens (including phenoxy) is 2. The molecular weight excluding hydrogens is 432 g/mol. The topological polar surface area (TPSA) is 92.3 Å². The Bertz CT molecular complexity index is 1460. The lowest BCUT2D eigenvalue weighted by Crippen LogP contribution is -2.12. The molecule has 5 aromatic rings. The van der Waals surface area contributed by atoms with Crippen LogP contribution in [0.1, 0.15) is 5.56 Å². The Morgan fingerprint density at radius 1 is 0.912 bits per heavy atom. The molecule has 0 radical (unpaired) electrons. The molecule has 0 spiro atoms. The number of hydrogen-bond donors (Lipinski definition) is 0. The molecule has 2 heterocycles. The maximum atomic E-state index is 12.5. The fourth-order valence-corrected chi connectivity index (χ4v) is 3.38.